The number of nitrogen functional groups attached to an aromatic ring is 1. The summed E-state index contributed by atoms with van der Waals surface area (Å²) in [6.45, 7) is 1.61. The fourth-order valence-electron chi connectivity index (χ4n) is 2.33. The molecule has 112 valence electrons. The van der Waals surface area contributed by atoms with E-state index in [1.165, 1.54) is 12.5 Å². The normalized spacial score (nSPS) is 19.8. The SMILES string of the molecule is Nc1cc(NCCC2CCCCO2)ccc1S(N)(=O)=O. The van der Waals surface area contributed by atoms with Crippen LogP contribution in [-0.2, 0) is 14.8 Å². The van der Waals surface area contributed by atoms with E-state index in [9.17, 15) is 8.42 Å². The number of sulfonamides is 1. The van der Waals surface area contributed by atoms with E-state index in [1.807, 2.05) is 0 Å². The third-order valence-corrected chi connectivity index (χ3v) is 4.37. The van der Waals surface area contributed by atoms with Gasteiger partial charge in [-0.25, -0.2) is 13.6 Å². The monoisotopic (exact) mass is 299 g/mol. The second kappa shape index (κ2) is 6.43. The van der Waals surface area contributed by atoms with E-state index < -0.39 is 10.0 Å². The van der Waals surface area contributed by atoms with Gasteiger partial charge in [-0.05, 0) is 43.9 Å². The number of hydrogen-bond acceptors (Lipinski definition) is 5. The molecule has 5 N–H and O–H groups in total. The maximum atomic E-state index is 11.2. The first-order chi connectivity index (χ1) is 9.47. The Hall–Kier alpha value is -1.31. The van der Waals surface area contributed by atoms with Crippen LogP contribution in [0.3, 0.4) is 0 Å². The fourth-order valence-corrected chi connectivity index (χ4v) is 2.98. The van der Waals surface area contributed by atoms with Gasteiger partial charge in [0.2, 0.25) is 10.0 Å². The minimum absolute atomic E-state index is 0.0429. The van der Waals surface area contributed by atoms with Crippen LogP contribution in [0.5, 0.6) is 0 Å². The van der Waals surface area contributed by atoms with Crippen LogP contribution in [0.4, 0.5) is 11.4 Å². The number of rotatable bonds is 5. The van der Waals surface area contributed by atoms with Gasteiger partial charge in [-0.3, -0.25) is 0 Å². The van der Waals surface area contributed by atoms with E-state index in [2.05, 4.69) is 5.32 Å². The molecule has 1 aliphatic heterocycles. The number of hydrogen-bond donors (Lipinski definition) is 3. The maximum Gasteiger partial charge on any atom is 0.240 e. The molecule has 1 atom stereocenters. The molecule has 0 radical (unpaired) electrons. The predicted octanol–water partition coefficient (Wildman–Crippen LogP) is 1.29. The zero-order valence-corrected chi connectivity index (χ0v) is 12.2. The van der Waals surface area contributed by atoms with Crippen molar-refractivity contribution in [3.63, 3.8) is 0 Å². The van der Waals surface area contributed by atoms with Crippen LogP contribution in [0.15, 0.2) is 23.1 Å². The second-order valence-electron chi connectivity index (χ2n) is 5.00. The molecule has 1 aromatic rings. The third-order valence-electron chi connectivity index (χ3n) is 3.39. The fraction of sp³-hybridized carbons (Fsp3) is 0.538. The number of nitrogens with two attached hydrogens (primary N) is 2. The minimum Gasteiger partial charge on any atom is -0.398 e. The lowest BCUT2D eigenvalue weighted by Gasteiger charge is -2.22. The Morgan fingerprint density at radius 3 is 2.75 bits per heavy atom. The molecule has 2 rings (SSSR count). The average molecular weight is 299 g/mol. The Kier molecular flexibility index (Phi) is 4.85. The molecule has 1 aromatic carbocycles. The maximum absolute atomic E-state index is 11.2. The molecule has 0 aliphatic carbocycles. The molecular formula is C13H21N3O3S. The van der Waals surface area contributed by atoms with Crippen molar-refractivity contribution in [1.82, 2.24) is 0 Å². The molecule has 0 saturated carbocycles. The summed E-state index contributed by atoms with van der Waals surface area (Å²) in [5.41, 5.74) is 6.64. The number of primary sulfonamides is 1. The van der Waals surface area contributed by atoms with Gasteiger partial charge >= 0.3 is 0 Å². The Morgan fingerprint density at radius 2 is 2.15 bits per heavy atom. The summed E-state index contributed by atoms with van der Waals surface area (Å²) in [6.07, 6.45) is 4.72. The summed E-state index contributed by atoms with van der Waals surface area (Å²) in [7, 11) is -3.76. The first kappa shape index (κ1) is 15.1. The molecule has 0 aromatic heterocycles. The summed E-state index contributed by atoms with van der Waals surface area (Å²) >= 11 is 0. The molecule has 7 heteroatoms. The molecule has 1 unspecified atom stereocenters. The number of ether oxygens (including phenoxy) is 1. The van der Waals surface area contributed by atoms with Gasteiger partial charge in [-0.2, -0.15) is 0 Å². The molecule has 0 bridgehead atoms. The van der Waals surface area contributed by atoms with E-state index in [0.29, 0.717) is 6.10 Å². The highest BCUT2D eigenvalue weighted by atomic mass is 32.2. The first-order valence-corrected chi connectivity index (χ1v) is 8.29. The Morgan fingerprint density at radius 1 is 1.35 bits per heavy atom. The highest BCUT2D eigenvalue weighted by Crippen LogP contribution is 2.22. The van der Waals surface area contributed by atoms with Crippen LogP contribution in [0.25, 0.3) is 0 Å². The van der Waals surface area contributed by atoms with Crippen molar-refractivity contribution < 1.29 is 13.2 Å². The summed E-state index contributed by atoms with van der Waals surface area (Å²) in [4.78, 5) is -0.0429. The lowest BCUT2D eigenvalue weighted by molar-refractivity contribution is 0.0134. The second-order valence-corrected chi connectivity index (χ2v) is 6.53. The van der Waals surface area contributed by atoms with Crippen molar-refractivity contribution in [3.8, 4) is 0 Å². The van der Waals surface area contributed by atoms with Gasteiger partial charge < -0.3 is 15.8 Å². The third kappa shape index (κ3) is 4.09. The number of nitrogens with one attached hydrogen (secondary N) is 1. The number of benzene rings is 1. The van der Waals surface area contributed by atoms with E-state index in [0.717, 1.165) is 38.1 Å². The summed E-state index contributed by atoms with van der Waals surface area (Å²) in [6, 6.07) is 4.67. The molecule has 1 heterocycles. The number of anilines is 2. The van der Waals surface area contributed by atoms with Gasteiger partial charge in [0.25, 0.3) is 0 Å². The molecule has 1 saturated heterocycles. The van der Waals surface area contributed by atoms with Gasteiger partial charge in [0.15, 0.2) is 0 Å². The molecule has 1 fully saturated rings. The molecular weight excluding hydrogens is 278 g/mol. The van der Waals surface area contributed by atoms with Crippen molar-refractivity contribution in [3.05, 3.63) is 18.2 Å². The standard InChI is InChI=1S/C13H21N3O3S/c14-12-9-10(4-5-13(12)20(15,17)18)16-7-6-11-3-1-2-8-19-11/h4-5,9,11,16H,1-3,6-8,14H2,(H2,15,17,18). The summed E-state index contributed by atoms with van der Waals surface area (Å²) < 4.78 is 28.1. The van der Waals surface area contributed by atoms with E-state index in [-0.39, 0.29) is 10.6 Å². The predicted molar refractivity (Wildman–Crippen MR) is 78.9 cm³/mol. The van der Waals surface area contributed by atoms with Crippen molar-refractivity contribution in [2.45, 2.75) is 36.7 Å². The molecule has 20 heavy (non-hydrogen) atoms. The van der Waals surface area contributed by atoms with Crippen LogP contribution in [0.1, 0.15) is 25.7 Å². The van der Waals surface area contributed by atoms with Crippen LogP contribution < -0.4 is 16.2 Å². The van der Waals surface area contributed by atoms with E-state index >= 15 is 0 Å². The summed E-state index contributed by atoms with van der Waals surface area (Å²) in [5, 5.41) is 8.28. The largest absolute Gasteiger partial charge is 0.398 e. The minimum atomic E-state index is -3.76. The van der Waals surface area contributed by atoms with Gasteiger partial charge in [0.1, 0.15) is 4.90 Å². The Balaban J connectivity index is 1.89. The van der Waals surface area contributed by atoms with Gasteiger partial charge in [0.05, 0.1) is 11.8 Å². The van der Waals surface area contributed by atoms with Gasteiger partial charge in [-0.1, -0.05) is 0 Å². The zero-order chi connectivity index (χ0) is 14.6. The van der Waals surface area contributed by atoms with Crippen molar-refractivity contribution in [2.24, 2.45) is 5.14 Å². The van der Waals surface area contributed by atoms with E-state index in [4.69, 9.17) is 15.6 Å². The summed E-state index contributed by atoms with van der Waals surface area (Å²) in [5.74, 6) is 0. The van der Waals surface area contributed by atoms with Gasteiger partial charge in [-0.15, -0.1) is 0 Å². The van der Waals surface area contributed by atoms with Crippen LogP contribution in [0, 0.1) is 0 Å². The average Bonchev–Trinajstić information content (AvgIpc) is 2.38. The zero-order valence-electron chi connectivity index (χ0n) is 11.3. The van der Waals surface area contributed by atoms with Crippen molar-refractivity contribution in [1.29, 1.82) is 0 Å². The van der Waals surface area contributed by atoms with Crippen molar-refractivity contribution >= 4 is 21.4 Å². The van der Waals surface area contributed by atoms with Crippen LogP contribution >= 0.6 is 0 Å². The topological polar surface area (TPSA) is 107 Å². The smallest absolute Gasteiger partial charge is 0.240 e. The van der Waals surface area contributed by atoms with Crippen LogP contribution in [0.2, 0.25) is 0 Å². The first-order valence-electron chi connectivity index (χ1n) is 6.74. The lowest BCUT2D eigenvalue weighted by Crippen LogP contribution is -2.22. The lowest BCUT2D eigenvalue weighted by atomic mass is 10.1. The molecule has 0 spiro atoms. The van der Waals surface area contributed by atoms with E-state index in [1.54, 1.807) is 12.1 Å². The quantitative estimate of drug-likeness (QED) is 0.710. The molecule has 6 nitrogen and oxygen atoms in total. The van der Waals surface area contributed by atoms with Crippen molar-refractivity contribution in [2.75, 3.05) is 24.2 Å². The Bertz CT molecular complexity index is 554. The van der Waals surface area contributed by atoms with Gasteiger partial charge in [0, 0.05) is 18.8 Å². The Labute approximate surface area is 119 Å². The highest BCUT2D eigenvalue weighted by Gasteiger charge is 2.14. The van der Waals surface area contributed by atoms with Crippen LogP contribution in [-0.4, -0.2) is 27.7 Å². The molecule has 0 amide bonds. The molecule has 1 aliphatic rings. The highest BCUT2D eigenvalue weighted by molar-refractivity contribution is 7.89.